The van der Waals surface area contributed by atoms with E-state index in [1.807, 2.05) is 48.7 Å². The first kappa shape index (κ1) is 13.8. The molecule has 2 aromatic heterocycles. The molecule has 108 valence electrons. The van der Waals surface area contributed by atoms with Crippen molar-refractivity contribution in [1.29, 1.82) is 0 Å². The number of hydrogen-bond acceptors (Lipinski definition) is 4. The van der Waals surface area contributed by atoms with E-state index in [1.165, 1.54) is 0 Å². The van der Waals surface area contributed by atoms with E-state index >= 15 is 0 Å². The second kappa shape index (κ2) is 5.29. The Hall–Kier alpha value is -2.21. The Morgan fingerprint density at radius 2 is 1.95 bits per heavy atom. The maximum absolute atomic E-state index is 5.40. The lowest BCUT2D eigenvalue weighted by atomic mass is 10.1. The van der Waals surface area contributed by atoms with Crippen LogP contribution in [0.1, 0.15) is 30.0 Å². The minimum Gasteiger partial charge on any atom is -0.361 e. The summed E-state index contributed by atoms with van der Waals surface area (Å²) in [6.07, 6.45) is 0. The third-order valence-electron chi connectivity index (χ3n) is 3.63. The van der Waals surface area contributed by atoms with Gasteiger partial charge >= 0.3 is 0 Å². The SMILES string of the molecule is Cc1noc(C)c1C(C)n1c(-c2ccccc2)n[nH]c1=S. The van der Waals surface area contributed by atoms with Crippen molar-refractivity contribution in [2.45, 2.75) is 26.8 Å². The van der Waals surface area contributed by atoms with Crippen LogP contribution in [0.5, 0.6) is 0 Å². The lowest BCUT2D eigenvalue weighted by Crippen LogP contribution is -2.10. The lowest BCUT2D eigenvalue weighted by Gasteiger charge is -2.15. The van der Waals surface area contributed by atoms with Crippen LogP contribution in [0, 0.1) is 18.6 Å². The van der Waals surface area contributed by atoms with Gasteiger partial charge in [-0.3, -0.25) is 9.67 Å². The summed E-state index contributed by atoms with van der Waals surface area (Å²) in [5.74, 6) is 1.62. The molecule has 1 aromatic carbocycles. The van der Waals surface area contributed by atoms with Gasteiger partial charge in [-0.2, -0.15) is 5.10 Å². The smallest absolute Gasteiger partial charge is 0.196 e. The van der Waals surface area contributed by atoms with Crippen LogP contribution in [0.4, 0.5) is 0 Å². The first-order valence-corrected chi connectivity index (χ1v) is 7.15. The van der Waals surface area contributed by atoms with Crippen LogP contribution in [0.25, 0.3) is 11.4 Å². The first-order valence-electron chi connectivity index (χ1n) is 6.74. The van der Waals surface area contributed by atoms with E-state index in [0.717, 1.165) is 28.4 Å². The molecule has 2 heterocycles. The summed E-state index contributed by atoms with van der Waals surface area (Å²) in [5, 5.41) is 11.3. The molecule has 3 aromatic rings. The van der Waals surface area contributed by atoms with Gasteiger partial charge in [-0.25, -0.2) is 0 Å². The molecule has 6 heteroatoms. The predicted octanol–water partition coefficient (Wildman–Crippen LogP) is 3.82. The van der Waals surface area contributed by atoms with Gasteiger partial charge in [-0.1, -0.05) is 35.5 Å². The molecule has 1 atom stereocenters. The molecule has 0 spiro atoms. The summed E-state index contributed by atoms with van der Waals surface area (Å²) in [6.45, 7) is 5.93. The van der Waals surface area contributed by atoms with Gasteiger partial charge in [0.25, 0.3) is 0 Å². The molecule has 0 saturated heterocycles. The molecule has 21 heavy (non-hydrogen) atoms. The molecular formula is C15H16N4OS. The third kappa shape index (κ3) is 2.31. The number of aromatic amines is 1. The highest BCUT2D eigenvalue weighted by atomic mass is 32.1. The zero-order valence-corrected chi connectivity index (χ0v) is 12.9. The zero-order chi connectivity index (χ0) is 15.0. The van der Waals surface area contributed by atoms with Gasteiger partial charge < -0.3 is 4.52 Å². The number of hydrogen-bond donors (Lipinski definition) is 1. The molecule has 0 amide bonds. The van der Waals surface area contributed by atoms with Crippen LogP contribution in [0.15, 0.2) is 34.9 Å². The number of aryl methyl sites for hydroxylation is 2. The largest absolute Gasteiger partial charge is 0.361 e. The fourth-order valence-corrected chi connectivity index (χ4v) is 2.96. The highest BCUT2D eigenvalue weighted by molar-refractivity contribution is 7.71. The van der Waals surface area contributed by atoms with Gasteiger partial charge in [-0.05, 0) is 33.0 Å². The Bertz CT molecular complexity index is 796. The average Bonchev–Trinajstić information content (AvgIpc) is 3.02. The van der Waals surface area contributed by atoms with Crippen LogP contribution in [-0.4, -0.2) is 19.9 Å². The normalized spacial score (nSPS) is 12.5. The summed E-state index contributed by atoms with van der Waals surface area (Å²) in [4.78, 5) is 0. The van der Waals surface area contributed by atoms with Crippen LogP contribution in [0.2, 0.25) is 0 Å². The Kier molecular flexibility index (Phi) is 3.47. The molecule has 0 saturated carbocycles. The van der Waals surface area contributed by atoms with Crippen molar-refractivity contribution in [1.82, 2.24) is 19.9 Å². The van der Waals surface area contributed by atoms with Crippen molar-refractivity contribution in [3.8, 4) is 11.4 Å². The molecule has 0 radical (unpaired) electrons. The number of aromatic nitrogens is 4. The Balaban J connectivity index is 2.16. The number of nitrogens with one attached hydrogen (secondary N) is 1. The van der Waals surface area contributed by atoms with E-state index in [4.69, 9.17) is 16.7 Å². The molecule has 3 rings (SSSR count). The third-order valence-corrected chi connectivity index (χ3v) is 3.92. The van der Waals surface area contributed by atoms with E-state index < -0.39 is 0 Å². The molecule has 0 aliphatic carbocycles. The van der Waals surface area contributed by atoms with E-state index in [9.17, 15) is 0 Å². The van der Waals surface area contributed by atoms with Crippen molar-refractivity contribution < 1.29 is 4.52 Å². The molecule has 5 nitrogen and oxygen atoms in total. The molecule has 0 aliphatic heterocycles. The lowest BCUT2D eigenvalue weighted by molar-refractivity contribution is 0.391. The van der Waals surface area contributed by atoms with E-state index in [2.05, 4.69) is 22.3 Å². The van der Waals surface area contributed by atoms with Crippen molar-refractivity contribution in [2.24, 2.45) is 0 Å². The maximum atomic E-state index is 5.40. The average molecular weight is 300 g/mol. The molecule has 0 aliphatic rings. The summed E-state index contributed by atoms with van der Waals surface area (Å²) in [5.41, 5.74) is 2.94. The minimum atomic E-state index is -0.00212. The molecule has 0 bridgehead atoms. The van der Waals surface area contributed by atoms with Crippen LogP contribution >= 0.6 is 12.2 Å². The van der Waals surface area contributed by atoms with Gasteiger partial charge in [0, 0.05) is 11.1 Å². The Morgan fingerprint density at radius 1 is 1.24 bits per heavy atom. The number of H-pyrrole nitrogens is 1. The van der Waals surface area contributed by atoms with Crippen molar-refractivity contribution in [3.63, 3.8) is 0 Å². The van der Waals surface area contributed by atoms with Gasteiger partial charge in [0.2, 0.25) is 0 Å². The molecule has 1 N–H and O–H groups in total. The topological polar surface area (TPSA) is 59.6 Å². The summed E-state index contributed by atoms with van der Waals surface area (Å²) in [6, 6.07) is 9.98. The monoisotopic (exact) mass is 300 g/mol. The van der Waals surface area contributed by atoms with Crippen LogP contribution in [0.3, 0.4) is 0 Å². The minimum absolute atomic E-state index is 0.00212. The van der Waals surface area contributed by atoms with E-state index in [-0.39, 0.29) is 6.04 Å². The predicted molar refractivity (Wildman–Crippen MR) is 82.6 cm³/mol. The molecule has 0 fully saturated rings. The molecule has 1 unspecified atom stereocenters. The maximum Gasteiger partial charge on any atom is 0.196 e. The van der Waals surface area contributed by atoms with Crippen molar-refractivity contribution in [3.05, 3.63) is 52.1 Å². The summed E-state index contributed by atoms with van der Waals surface area (Å²) >= 11 is 5.40. The second-order valence-corrected chi connectivity index (χ2v) is 5.39. The van der Waals surface area contributed by atoms with E-state index in [0.29, 0.717) is 4.77 Å². The highest BCUT2D eigenvalue weighted by Gasteiger charge is 2.22. The van der Waals surface area contributed by atoms with Crippen LogP contribution in [-0.2, 0) is 0 Å². The fraction of sp³-hybridized carbons (Fsp3) is 0.267. The van der Waals surface area contributed by atoms with Crippen molar-refractivity contribution in [2.75, 3.05) is 0 Å². The number of rotatable bonds is 3. The van der Waals surface area contributed by atoms with Crippen molar-refractivity contribution >= 4 is 12.2 Å². The molecular weight excluding hydrogens is 284 g/mol. The Labute approximate surface area is 127 Å². The van der Waals surface area contributed by atoms with Gasteiger partial charge in [0.1, 0.15) is 5.76 Å². The second-order valence-electron chi connectivity index (χ2n) is 5.00. The summed E-state index contributed by atoms with van der Waals surface area (Å²) < 4.78 is 7.85. The first-order chi connectivity index (χ1) is 10.1. The standard InChI is InChI=1S/C15H16N4OS/c1-9-13(11(3)20-18-9)10(2)19-14(16-17-15(19)21)12-7-5-4-6-8-12/h4-8,10H,1-3H3,(H,17,21). The van der Waals surface area contributed by atoms with E-state index in [1.54, 1.807) is 0 Å². The number of benzene rings is 1. The number of nitrogens with zero attached hydrogens (tertiary/aromatic N) is 3. The zero-order valence-electron chi connectivity index (χ0n) is 12.1. The van der Waals surface area contributed by atoms with Crippen LogP contribution < -0.4 is 0 Å². The highest BCUT2D eigenvalue weighted by Crippen LogP contribution is 2.29. The van der Waals surface area contributed by atoms with Gasteiger partial charge in [-0.15, -0.1) is 0 Å². The van der Waals surface area contributed by atoms with Gasteiger partial charge in [0.15, 0.2) is 10.6 Å². The fourth-order valence-electron chi connectivity index (χ4n) is 2.67. The Morgan fingerprint density at radius 3 is 2.57 bits per heavy atom. The quantitative estimate of drug-likeness (QED) is 0.747. The van der Waals surface area contributed by atoms with Gasteiger partial charge in [0.05, 0.1) is 11.7 Å². The summed E-state index contributed by atoms with van der Waals surface area (Å²) in [7, 11) is 0.